The maximum absolute atomic E-state index is 5.26. The van der Waals surface area contributed by atoms with Crippen molar-refractivity contribution in [2.75, 3.05) is 5.32 Å². The second-order valence-corrected chi connectivity index (χ2v) is 3.57. The van der Waals surface area contributed by atoms with Crippen LogP contribution in [0.2, 0.25) is 0 Å². The number of aromatic nitrogens is 1. The normalized spacial score (nSPS) is 9.50. The summed E-state index contributed by atoms with van der Waals surface area (Å²) < 4.78 is 0. The Morgan fingerprint density at radius 3 is 2.81 bits per heavy atom. The van der Waals surface area contributed by atoms with Gasteiger partial charge >= 0.3 is 0 Å². The molecule has 16 heavy (non-hydrogen) atoms. The fourth-order valence-corrected chi connectivity index (χ4v) is 1.62. The van der Waals surface area contributed by atoms with Crippen molar-refractivity contribution in [3.8, 4) is 23.6 Å². The molecule has 0 fully saturated rings. The van der Waals surface area contributed by atoms with Crippen LogP contribution in [-0.2, 0) is 0 Å². The van der Waals surface area contributed by atoms with E-state index in [9.17, 15) is 0 Å². The molecule has 0 unspecified atom stereocenters. The molecule has 0 saturated heterocycles. The largest absolute Gasteiger partial charge is 0.315 e. The zero-order chi connectivity index (χ0) is 11.4. The number of anilines is 1. The highest BCUT2D eigenvalue weighted by Gasteiger charge is 2.03. The van der Waals surface area contributed by atoms with Crippen molar-refractivity contribution in [1.82, 2.24) is 4.98 Å². The van der Waals surface area contributed by atoms with E-state index >= 15 is 0 Å². The van der Waals surface area contributed by atoms with Gasteiger partial charge in [-0.15, -0.1) is 0 Å². The van der Waals surface area contributed by atoms with Gasteiger partial charge in [-0.05, 0) is 24.6 Å². The van der Waals surface area contributed by atoms with Gasteiger partial charge in [0.1, 0.15) is 0 Å². The Bertz CT molecular complexity index is 538. The molecular formula is C14H12N2. The van der Waals surface area contributed by atoms with E-state index in [1.54, 1.807) is 0 Å². The maximum Gasteiger partial charge on any atom is 0.0538 e. The zero-order valence-electron chi connectivity index (χ0n) is 9.07. The van der Waals surface area contributed by atoms with E-state index in [0.29, 0.717) is 0 Å². The van der Waals surface area contributed by atoms with E-state index in [2.05, 4.69) is 22.4 Å². The molecule has 2 aromatic rings. The second-order valence-electron chi connectivity index (χ2n) is 3.57. The monoisotopic (exact) mass is 208 g/mol. The van der Waals surface area contributed by atoms with Crippen molar-refractivity contribution in [1.29, 1.82) is 0 Å². The fraction of sp³-hybridized carbons (Fsp3) is 0.0714. The average molecular weight is 208 g/mol. The summed E-state index contributed by atoms with van der Waals surface area (Å²) in [5.74, 6) is 0. The minimum absolute atomic E-state index is 0.928. The molecule has 1 aromatic carbocycles. The minimum atomic E-state index is 0.928. The molecule has 0 bridgehead atoms. The van der Waals surface area contributed by atoms with E-state index in [4.69, 9.17) is 6.42 Å². The van der Waals surface area contributed by atoms with Crippen LogP contribution < -0.4 is 5.32 Å². The number of hydrogen-bond acceptors (Lipinski definition) is 2. The summed E-state index contributed by atoms with van der Waals surface area (Å²) in [6.45, 7) is 2.02. The third-order valence-corrected chi connectivity index (χ3v) is 2.32. The highest BCUT2D eigenvalue weighted by molar-refractivity contribution is 5.78. The van der Waals surface area contributed by atoms with Crippen molar-refractivity contribution >= 4 is 5.69 Å². The van der Waals surface area contributed by atoms with E-state index in [1.807, 2.05) is 43.6 Å². The summed E-state index contributed by atoms with van der Waals surface area (Å²) in [7, 11) is 0. The Morgan fingerprint density at radius 2 is 2.06 bits per heavy atom. The van der Waals surface area contributed by atoms with Gasteiger partial charge in [-0.1, -0.05) is 24.6 Å². The SMILES string of the molecule is C#CNc1ccccc1-c1cncc(C)c1. The first-order valence-corrected chi connectivity index (χ1v) is 5.04. The van der Waals surface area contributed by atoms with Crippen molar-refractivity contribution in [2.24, 2.45) is 0 Å². The molecular weight excluding hydrogens is 196 g/mol. The maximum atomic E-state index is 5.26. The van der Waals surface area contributed by atoms with Crippen LogP contribution in [0.5, 0.6) is 0 Å². The highest BCUT2D eigenvalue weighted by atomic mass is 14.8. The molecule has 0 atom stereocenters. The molecule has 2 heteroatoms. The summed E-state index contributed by atoms with van der Waals surface area (Å²) >= 11 is 0. The lowest BCUT2D eigenvalue weighted by Crippen LogP contribution is -1.91. The number of rotatable bonds is 2. The summed E-state index contributed by atoms with van der Waals surface area (Å²) in [6, 6.07) is 12.4. The molecule has 0 amide bonds. The van der Waals surface area contributed by atoms with Gasteiger partial charge in [-0.3, -0.25) is 4.98 Å². The number of hydrogen-bond donors (Lipinski definition) is 1. The molecule has 0 aliphatic heterocycles. The molecule has 0 aliphatic rings. The molecule has 0 radical (unpaired) electrons. The van der Waals surface area contributed by atoms with E-state index in [1.165, 1.54) is 0 Å². The van der Waals surface area contributed by atoms with Crippen molar-refractivity contribution in [3.63, 3.8) is 0 Å². The smallest absolute Gasteiger partial charge is 0.0538 e. The van der Waals surface area contributed by atoms with Gasteiger partial charge in [-0.25, -0.2) is 0 Å². The number of pyridine rings is 1. The van der Waals surface area contributed by atoms with Gasteiger partial charge in [0.15, 0.2) is 0 Å². The molecule has 2 rings (SSSR count). The molecule has 1 N–H and O–H groups in total. The lowest BCUT2D eigenvalue weighted by molar-refractivity contribution is 1.27. The van der Waals surface area contributed by atoms with Crippen LogP contribution in [0.3, 0.4) is 0 Å². The Balaban J connectivity index is 2.52. The highest BCUT2D eigenvalue weighted by Crippen LogP contribution is 2.27. The number of para-hydroxylation sites is 1. The number of nitrogens with one attached hydrogen (secondary N) is 1. The summed E-state index contributed by atoms with van der Waals surface area (Å²) in [5.41, 5.74) is 4.19. The molecule has 2 nitrogen and oxygen atoms in total. The molecule has 1 heterocycles. The van der Waals surface area contributed by atoms with Crippen LogP contribution in [0.15, 0.2) is 42.7 Å². The first-order chi connectivity index (χ1) is 7.81. The third kappa shape index (κ3) is 2.04. The lowest BCUT2D eigenvalue weighted by atomic mass is 10.0. The average Bonchev–Trinajstić information content (AvgIpc) is 2.30. The van der Waals surface area contributed by atoms with E-state index < -0.39 is 0 Å². The quantitative estimate of drug-likeness (QED) is 0.606. The number of benzene rings is 1. The van der Waals surface area contributed by atoms with Gasteiger partial charge in [0, 0.05) is 29.6 Å². The van der Waals surface area contributed by atoms with Crippen LogP contribution in [0.1, 0.15) is 5.56 Å². The van der Waals surface area contributed by atoms with Gasteiger partial charge in [0.05, 0.1) is 5.69 Å². The molecule has 78 valence electrons. The predicted molar refractivity (Wildman–Crippen MR) is 66.9 cm³/mol. The summed E-state index contributed by atoms with van der Waals surface area (Å²) in [6.07, 6.45) is 8.93. The predicted octanol–water partition coefficient (Wildman–Crippen LogP) is 3.06. The fourth-order valence-electron chi connectivity index (χ4n) is 1.62. The molecule has 1 aromatic heterocycles. The second kappa shape index (κ2) is 4.50. The third-order valence-electron chi connectivity index (χ3n) is 2.32. The number of terminal acetylenes is 1. The number of aryl methyl sites for hydroxylation is 1. The first-order valence-electron chi connectivity index (χ1n) is 5.04. The first kappa shape index (κ1) is 10.3. The lowest BCUT2D eigenvalue weighted by Gasteiger charge is -2.08. The topological polar surface area (TPSA) is 24.9 Å². The molecule has 0 spiro atoms. The van der Waals surface area contributed by atoms with Gasteiger partial charge in [0.25, 0.3) is 0 Å². The standard InChI is InChI=1S/C14H12N2/c1-3-16-14-7-5-4-6-13(14)12-8-11(2)9-15-10-12/h1,4-10,16H,2H3. The van der Waals surface area contributed by atoms with Crippen molar-refractivity contribution in [3.05, 3.63) is 48.3 Å². The summed E-state index contributed by atoms with van der Waals surface area (Å²) in [4.78, 5) is 4.18. The van der Waals surface area contributed by atoms with Crippen LogP contribution >= 0.6 is 0 Å². The molecule has 0 aliphatic carbocycles. The van der Waals surface area contributed by atoms with Gasteiger partial charge in [-0.2, -0.15) is 0 Å². The Morgan fingerprint density at radius 1 is 1.25 bits per heavy atom. The van der Waals surface area contributed by atoms with Gasteiger partial charge < -0.3 is 5.32 Å². The van der Waals surface area contributed by atoms with Crippen LogP contribution in [0.25, 0.3) is 11.1 Å². The summed E-state index contributed by atoms with van der Waals surface area (Å²) in [5, 5.41) is 2.89. The zero-order valence-corrected chi connectivity index (χ0v) is 9.07. The molecule has 0 saturated carbocycles. The van der Waals surface area contributed by atoms with Crippen LogP contribution in [0.4, 0.5) is 5.69 Å². The Kier molecular flexibility index (Phi) is 2.88. The van der Waals surface area contributed by atoms with Crippen LogP contribution in [0, 0.1) is 19.4 Å². The van der Waals surface area contributed by atoms with Gasteiger partial charge in [0.2, 0.25) is 0 Å². The van der Waals surface area contributed by atoms with E-state index in [-0.39, 0.29) is 0 Å². The van der Waals surface area contributed by atoms with Crippen LogP contribution in [-0.4, -0.2) is 4.98 Å². The van der Waals surface area contributed by atoms with Crippen molar-refractivity contribution in [2.45, 2.75) is 6.92 Å². The Hall–Kier alpha value is -2.27. The minimum Gasteiger partial charge on any atom is -0.315 e. The number of nitrogens with zero attached hydrogens (tertiary/aromatic N) is 1. The Labute approximate surface area is 95.4 Å². The van der Waals surface area contributed by atoms with Crippen molar-refractivity contribution < 1.29 is 0 Å². The van der Waals surface area contributed by atoms with E-state index in [0.717, 1.165) is 22.4 Å².